The second-order valence-corrected chi connectivity index (χ2v) is 4.78. The molecule has 0 saturated carbocycles. The van der Waals surface area contributed by atoms with E-state index in [-0.39, 0.29) is 24.5 Å². The Kier molecular flexibility index (Phi) is 3.99. The number of hydrogen-bond acceptors (Lipinski definition) is 3. The van der Waals surface area contributed by atoms with Crippen molar-refractivity contribution in [2.75, 3.05) is 13.2 Å². The summed E-state index contributed by atoms with van der Waals surface area (Å²) in [4.78, 5) is 24.6. The van der Waals surface area contributed by atoms with Gasteiger partial charge in [0.05, 0.1) is 6.42 Å². The maximum absolute atomic E-state index is 12.2. The highest BCUT2D eigenvalue weighted by Crippen LogP contribution is 2.24. The molecule has 1 amide bonds. The third kappa shape index (κ3) is 2.97. The average molecular weight is 241 g/mol. The zero-order valence-corrected chi connectivity index (χ0v) is 9.93. The number of rotatable bonds is 3. The fraction of sp³-hybridized carbons (Fsp3) is 0.833. The molecule has 0 aliphatic carbocycles. The highest BCUT2D eigenvalue weighted by Gasteiger charge is 2.35. The second kappa shape index (κ2) is 5.49. The van der Waals surface area contributed by atoms with Crippen LogP contribution in [-0.2, 0) is 14.3 Å². The van der Waals surface area contributed by atoms with Crippen LogP contribution in [0, 0.1) is 0 Å². The normalized spacial score (nSPS) is 29.3. The number of carbonyl (C=O) groups excluding carboxylic acids is 1. The van der Waals surface area contributed by atoms with E-state index in [0.717, 1.165) is 32.1 Å². The summed E-state index contributed by atoms with van der Waals surface area (Å²) in [6.45, 7) is 1.32. The first kappa shape index (κ1) is 12.4. The van der Waals surface area contributed by atoms with Crippen molar-refractivity contribution in [3.8, 4) is 0 Å². The minimum Gasteiger partial charge on any atom is -0.481 e. The van der Waals surface area contributed by atoms with Gasteiger partial charge in [-0.25, -0.2) is 0 Å². The number of aliphatic carboxylic acids is 1. The minimum atomic E-state index is -0.834. The van der Waals surface area contributed by atoms with Crippen LogP contribution < -0.4 is 0 Å². The van der Waals surface area contributed by atoms with Gasteiger partial charge in [0.1, 0.15) is 6.10 Å². The van der Waals surface area contributed by atoms with Gasteiger partial charge in [-0.15, -0.1) is 0 Å². The van der Waals surface area contributed by atoms with E-state index in [1.165, 1.54) is 0 Å². The van der Waals surface area contributed by atoms with Crippen molar-refractivity contribution < 1.29 is 19.4 Å². The summed E-state index contributed by atoms with van der Waals surface area (Å²) in [6, 6.07) is -0.134. The highest BCUT2D eigenvalue weighted by molar-refractivity contribution is 5.82. The van der Waals surface area contributed by atoms with Crippen molar-refractivity contribution >= 4 is 11.9 Å². The number of ether oxygens (including phenoxy) is 1. The molecule has 0 aromatic heterocycles. The Morgan fingerprint density at radius 2 is 2.06 bits per heavy atom. The summed E-state index contributed by atoms with van der Waals surface area (Å²) in [5.41, 5.74) is 0. The molecule has 2 fully saturated rings. The lowest BCUT2D eigenvalue weighted by Crippen LogP contribution is -2.44. The van der Waals surface area contributed by atoms with Gasteiger partial charge in [-0.1, -0.05) is 0 Å². The fourth-order valence-electron chi connectivity index (χ4n) is 2.66. The molecule has 0 radical (unpaired) electrons. The van der Waals surface area contributed by atoms with Gasteiger partial charge in [0.2, 0.25) is 0 Å². The molecular formula is C12H19NO4. The van der Waals surface area contributed by atoms with E-state index in [0.29, 0.717) is 13.2 Å². The third-order valence-corrected chi connectivity index (χ3v) is 3.53. The number of carboxylic acid groups (broad SMARTS) is 1. The summed E-state index contributed by atoms with van der Waals surface area (Å²) in [5, 5.41) is 8.81. The van der Waals surface area contributed by atoms with Gasteiger partial charge in [0.25, 0.3) is 5.91 Å². The second-order valence-electron chi connectivity index (χ2n) is 4.78. The number of carboxylic acids is 1. The fourth-order valence-corrected chi connectivity index (χ4v) is 2.66. The van der Waals surface area contributed by atoms with Crippen molar-refractivity contribution in [2.24, 2.45) is 0 Å². The third-order valence-electron chi connectivity index (χ3n) is 3.53. The quantitative estimate of drug-likeness (QED) is 0.801. The van der Waals surface area contributed by atoms with Crippen LogP contribution in [0.5, 0.6) is 0 Å². The standard InChI is InChI=1S/C12H19NO4/c14-11(15)8-9-4-3-6-13(9)12(16)10-5-1-2-7-17-10/h9-10H,1-8H2,(H,14,15). The zero-order valence-electron chi connectivity index (χ0n) is 9.93. The molecule has 2 aliphatic rings. The number of hydrogen-bond donors (Lipinski definition) is 1. The number of nitrogens with zero attached hydrogens (tertiary/aromatic N) is 1. The van der Waals surface area contributed by atoms with Crippen LogP contribution >= 0.6 is 0 Å². The monoisotopic (exact) mass is 241 g/mol. The van der Waals surface area contributed by atoms with Crippen molar-refractivity contribution in [3.05, 3.63) is 0 Å². The lowest BCUT2D eigenvalue weighted by molar-refractivity contribution is -0.148. The molecule has 2 rings (SSSR count). The van der Waals surface area contributed by atoms with Crippen LogP contribution in [0.4, 0.5) is 0 Å². The van der Waals surface area contributed by atoms with Gasteiger partial charge in [-0.05, 0) is 32.1 Å². The Hall–Kier alpha value is -1.10. The molecule has 0 aromatic rings. The smallest absolute Gasteiger partial charge is 0.305 e. The summed E-state index contributed by atoms with van der Waals surface area (Å²) >= 11 is 0. The molecule has 17 heavy (non-hydrogen) atoms. The molecule has 1 N–H and O–H groups in total. The molecule has 0 aromatic carbocycles. The number of amides is 1. The predicted octanol–water partition coefficient (Wildman–Crippen LogP) is 1.02. The minimum absolute atomic E-state index is 0.00606. The van der Waals surface area contributed by atoms with Gasteiger partial charge in [0, 0.05) is 19.2 Å². The summed E-state index contributed by atoms with van der Waals surface area (Å²) < 4.78 is 5.47. The van der Waals surface area contributed by atoms with E-state index in [9.17, 15) is 9.59 Å². The Morgan fingerprint density at radius 3 is 2.71 bits per heavy atom. The molecule has 0 spiro atoms. The van der Waals surface area contributed by atoms with E-state index < -0.39 is 5.97 Å². The highest BCUT2D eigenvalue weighted by atomic mass is 16.5. The SMILES string of the molecule is O=C(O)CC1CCCN1C(=O)C1CCCCO1. The molecule has 2 heterocycles. The molecule has 0 bridgehead atoms. The first-order chi connectivity index (χ1) is 8.18. The molecule has 5 nitrogen and oxygen atoms in total. The maximum atomic E-state index is 12.2. The summed E-state index contributed by atoms with van der Waals surface area (Å²) in [7, 11) is 0. The van der Waals surface area contributed by atoms with E-state index >= 15 is 0 Å². The van der Waals surface area contributed by atoms with Crippen LogP contribution in [0.15, 0.2) is 0 Å². The Bertz CT molecular complexity index is 299. The topological polar surface area (TPSA) is 66.8 Å². The van der Waals surface area contributed by atoms with Crippen molar-refractivity contribution in [1.29, 1.82) is 0 Å². The van der Waals surface area contributed by atoms with Crippen LogP contribution in [-0.4, -0.2) is 47.2 Å². The summed E-state index contributed by atoms with van der Waals surface area (Å²) in [6.07, 6.45) is 4.23. The van der Waals surface area contributed by atoms with Crippen LogP contribution in [0.2, 0.25) is 0 Å². The molecule has 96 valence electrons. The average Bonchev–Trinajstić information content (AvgIpc) is 2.76. The van der Waals surface area contributed by atoms with Gasteiger partial charge < -0.3 is 14.7 Å². The van der Waals surface area contributed by atoms with Gasteiger partial charge >= 0.3 is 5.97 Å². The molecule has 2 saturated heterocycles. The molecular weight excluding hydrogens is 222 g/mol. The number of likely N-dealkylation sites (tertiary alicyclic amines) is 1. The lowest BCUT2D eigenvalue weighted by atomic mass is 10.1. The van der Waals surface area contributed by atoms with E-state index in [4.69, 9.17) is 9.84 Å². The van der Waals surface area contributed by atoms with E-state index in [1.54, 1.807) is 4.90 Å². The maximum Gasteiger partial charge on any atom is 0.305 e. The van der Waals surface area contributed by atoms with Crippen molar-refractivity contribution in [1.82, 2.24) is 4.90 Å². The molecule has 2 unspecified atom stereocenters. The zero-order chi connectivity index (χ0) is 12.3. The van der Waals surface area contributed by atoms with Gasteiger partial charge in [-0.3, -0.25) is 9.59 Å². The van der Waals surface area contributed by atoms with Crippen molar-refractivity contribution in [3.63, 3.8) is 0 Å². The molecule has 2 aliphatic heterocycles. The van der Waals surface area contributed by atoms with Gasteiger partial charge in [-0.2, -0.15) is 0 Å². The first-order valence-electron chi connectivity index (χ1n) is 6.32. The van der Waals surface area contributed by atoms with Crippen LogP contribution in [0.25, 0.3) is 0 Å². The first-order valence-corrected chi connectivity index (χ1v) is 6.32. The summed E-state index contributed by atoms with van der Waals surface area (Å²) in [5.74, 6) is -0.840. The number of carbonyl (C=O) groups is 2. The lowest BCUT2D eigenvalue weighted by Gasteiger charge is -2.30. The largest absolute Gasteiger partial charge is 0.481 e. The Balaban J connectivity index is 1.94. The van der Waals surface area contributed by atoms with E-state index in [1.807, 2.05) is 0 Å². The van der Waals surface area contributed by atoms with Gasteiger partial charge in [0.15, 0.2) is 0 Å². The van der Waals surface area contributed by atoms with Crippen molar-refractivity contribution in [2.45, 2.75) is 50.7 Å². The Morgan fingerprint density at radius 1 is 1.24 bits per heavy atom. The van der Waals surface area contributed by atoms with E-state index in [2.05, 4.69) is 0 Å². The molecule has 2 atom stereocenters. The Labute approximate surface area is 101 Å². The van der Waals surface area contributed by atoms with Crippen LogP contribution in [0.1, 0.15) is 38.5 Å². The predicted molar refractivity (Wildman–Crippen MR) is 60.6 cm³/mol. The van der Waals surface area contributed by atoms with Crippen LogP contribution in [0.3, 0.4) is 0 Å². The molecule has 5 heteroatoms.